The fraction of sp³-hybridized carbons (Fsp3) is 0.308. The molecule has 0 saturated heterocycles. The number of hydrogen-bond acceptors (Lipinski definition) is 3. The molecule has 2 rings (SSSR count). The van der Waals surface area contributed by atoms with Gasteiger partial charge in [-0.3, -0.25) is 0 Å². The van der Waals surface area contributed by atoms with Gasteiger partial charge in [-0.1, -0.05) is 19.9 Å². The van der Waals surface area contributed by atoms with Crippen LogP contribution in [0.25, 0.3) is 11.0 Å². The summed E-state index contributed by atoms with van der Waals surface area (Å²) in [6.45, 7) is 4.31. The van der Waals surface area contributed by atoms with Gasteiger partial charge in [0.25, 0.3) is 0 Å². The molecule has 3 nitrogen and oxygen atoms in total. The first-order valence-electron chi connectivity index (χ1n) is 5.43. The Morgan fingerprint density at radius 2 is 2.18 bits per heavy atom. The molecule has 90 valence electrons. The quantitative estimate of drug-likeness (QED) is 0.897. The number of thioether (sulfide) groups is 1. The number of fused-ring (bicyclic) bond motifs is 1. The molecule has 0 fully saturated rings. The first-order chi connectivity index (χ1) is 8.06. The summed E-state index contributed by atoms with van der Waals surface area (Å²) < 4.78 is 5.20. The van der Waals surface area contributed by atoms with Crippen LogP contribution in [-0.4, -0.2) is 16.3 Å². The Morgan fingerprint density at radius 3 is 2.82 bits per heavy atom. The van der Waals surface area contributed by atoms with Gasteiger partial charge in [0.05, 0.1) is 0 Å². The van der Waals surface area contributed by atoms with Crippen molar-refractivity contribution in [1.82, 2.24) is 0 Å². The summed E-state index contributed by atoms with van der Waals surface area (Å²) in [6.07, 6.45) is 0. The van der Waals surface area contributed by atoms with Crippen molar-refractivity contribution < 1.29 is 14.3 Å². The van der Waals surface area contributed by atoms with Gasteiger partial charge in [0.2, 0.25) is 5.76 Å². The highest BCUT2D eigenvalue weighted by Crippen LogP contribution is 2.24. The lowest BCUT2D eigenvalue weighted by atomic mass is 10.2. The van der Waals surface area contributed by atoms with E-state index in [1.165, 1.54) is 5.56 Å². The Kier molecular flexibility index (Phi) is 3.43. The Balaban J connectivity index is 2.27. The third-order valence-electron chi connectivity index (χ3n) is 2.37. The Morgan fingerprint density at radius 1 is 1.41 bits per heavy atom. The number of hydrogen-bond donors (Lipinski definition) is 1. The van der Waals surface area contributed by atoms with E-state index in [0.29, 0.717) is 10.8 Å². The van der Waals surface area contributed by atoms with E-state index >= 15 is 0 Å². The maximum atomic E-state index is 10.8. The number of aromatic carboxylic acids is 1. The average Bonchev–Trinajstić information content (AvgIpc) is 2.69. The Hall–Kier alpha value is -1.42. The molecule has 0 aliphatic heterocycles. The van der Waals surface area contributed by atoms with Gasteiger partial charge in [-0.05, 0) is 29.0 Å². The fourth-order valence-corrected chi connectivity index (χ4v) is 2.26. The number of carbonyl (C=O) groups is 1. The van der Waals surface area contributed by atoms with Crippen molar-refractivity contribution in [2.24, 2.45) is 0 Å². The van der Waals surface area contributed by atoms with Gasteiger partial charge in [-0.15, -0.1) is 0 Å². The lowest BCUT2D eigenvalue weighted by Gasteiger charge is -2.04. The molecule has 0 aliphatic rings. The largest absolute Gasteiger partial charge is 0.475 e. The minimum atomic E-state index is -1.03. The highest BCUT2D eigenvalue weighted by molar-refractivity contribution is 7.99. The van der Waals surface area contributed by atoms with E-state index in [-0.39, 0.29) is 5.76 Å². The summed E-state index contributed by atoms with van der Waals surface area (Å²) in [5.41, 5.74) is 1.81. The molecule has 2 aromatic rings. The molecule has 1 aromatic carbocycles. The highest BCUT2D eigenvalue weighted by atomic mass is 32.2. The van der Waals surface area contributed by atoms with Crippen LogP contribution in [0.3, 0.4) is 0 Å². The van der Waals surface area contributed by atoms with Crippen molar-refractivity contribution in [2.45, 2.75) is 24.9 Å². The molecule has 1 heterocycles. The third kappa shape index (κ3) is 2.82. The van der Waals surface area contributed by atoms with E-state index in [2.05, 4.69) is 13.8 Å². The van der Waals surface area contributed by atoms with Crippen LogP contribution in [0.4, 0.5) is 0 Å². The van der Waals surface area contributed by atoms with Crippen LogP contribution in [0.5, 0.6) is 0 Å². The van der Waals surface area contributed by atoms with Crippen LogP contribution in [-0.2, 0) is 5.75 Å². The minimum absolute atomic E-state index is 0.00587. The summed E-state index contributed by atoms with van der Waals surface area (Å²) in [5, 5.41) is 10.3. The first-order valence-corrected chi connectivity index (χ1v) is 6.48. The normalized spacial score (nSPS) is 11.2. The van der Waals surface area contributed by atoms with Gasteiger partial charge in [0, 0.05) is 11.1 Å². The van der Waals surface area contributed by atoms with Gasteiger partial charge < -0.3 is 9.52 Å². The molecule has 0 amide bonds. The first kappa shape index (κ1) is 12.0. The Labute approximate surface area is 104 Å². The zero-order valence-corrected chi connectivity index (χ0v) is 10.6. The fourth-order valence-electron chi connectivity index (χ4n) is 1.55. The molecule has 0 atom stereocenters. The maximum absolute atomic E-state index is 10.8. The van der Waals surface area contributed by atoms with E-state index < -0.39 is 5.97 Å². The maximum Gasteiger partial charge on any atom is 0.371 e. The number of carboxylic acid groups (broad SMARTS) is 1. The van der Waals surface area contributed by atoms with Gasteiger partial charge in [0.1, 0.15) is 5.58 Å². The lowest BCUT2D eigenvalue weighted by molar-refractivity contribution is 0.0665. The second-order valence-electron chi connectivity index (χ2n) is 4.15. The summed E-state index contributed by atoms with van der Waals surface area (Å²) in [7, 11) is 0. The van der Waals surface area contributed by atoms with Crippen molar-refractivity contribution in [2.75, 3.05) is 0 Å². The predicted molar refractivity (Wildman–Crippen MR) is 69.6 cm³/mol. The van der Waals surface area contributed by atoms with Gasteiger partial charge >= 0.3 is 5.97 Å². The minimum Gasteiger partial charge on any atom is -0.475 e. The molecule has 0 radical (unpaired) electrons. The smallest absolute Gasteiger partial charge is 0.371 e. The van der Waals surface area contributed by atoms with Crippen molar-refractivity contribution in [3.8, 4) is 0 Å². The van der Waals surface area contributed by atoms with Crippen LogP contribution >= 0.6 is 11.8 Å². The molecule has 0 spiro atoms. The van der Waals surface area contributed by atoms with Crippen LogP contribution in [0, 0.1) is 0 Å². The number of carboxylic acids is 1. The zero-order chi connectivity index (χ0) is 12.4. The van der Waals surface area contributed by atoms with Crippen molar-refractivity contribution >= 4 is 28.7 Å². The summed E-state index contributed by atoms with van der Waals surface area (Å²) in [4.78, 5) is 10.8. The summed E-state index contributed by atoms with van der Waals surface area (Å²) in [6, 6.07) is 7.37. The standard InChI is InChI=1S/C13H14O3S/c1-8(2)17-7-9-3-4-11-10(5-9)6-12(16-11)13(14)15/h3-6,8H,7H2,1-2H3,(H,14,15). The van der Waals surface area contributed by atoms with Gasteiger partial charge in [0.15, 0.2) is 0 Å². The van der Waals surface area contributed by atoms with Crippen molar-refractivity contribution in [3.05, 3.63) is 35.6 Å². The molecular weight excluding hydrogens is 236 g/mol. The number of furan rings is 1. The molecule has 0 unspecified atom stereocenters. The van der Waals surface area contributed by atoms with Crippen molar-refractivity contribution in [1.29, 1.82) is 0 Å². The van der Waals surface area contributed by atoms with E-state index in [1.54, 1.807) is 6.07 Å². The van der Waals surface area contributed by atoms with Crippen molar-refractivity contribution in [3.63, 3.8) is 0 Å². The van der Waals surface area contributed by atoms with Gasteiger partial charge in [-0.2, -0.15) is 11.8 Å². The molecule has 0 bridgehead atoms. The van der Waals surface area contributed by atoms with Crippen LogP contribution in [0.1, 0.15) is 30.0 Å². The van der Waals surface area contributed by atoms with E-state index in [4.69, 9.17) is 9.52 Å². The van der Waals surface area contributed by atoms with Crippen LogP contribution < -0.4 is 0 Å². The Bertz CT molecular complexity index is 543. The molecule has 0 saturated carbocycles. The van der Waals surface area contributed by atoms with Gasteiger partial charge in [-0.25, -0.2) is 4.79 Å². The van der Waals surface area contributed by atoms with E-state index in [0.717, 1.165) is 11.1 Å². The third-order valence-corrected chi connectivity index (χ3v) is 3.54. The number of rotatable bonds is 4. The number of benzene rings is 1. The van der Waals surface area contributed by atoms with E-state index in [9.17, 15) is 4.79 Å². The average molecular weight is 250 g/mol. The molecular formula is C13H14O3S. The predicted octanol–water partition coefficient (Wildman–Crippen LogP) is 3.77. The molecule has 0 aliphatic carbocycles. The molecule has 1 aromatic heterocycles. The molecule has 4 heteroatoms. The summed E-state index contributed by atoms with van der Waals surface area (Å²) in [5.74, 6) is -0.103. The molecule has 1 N–H and O–H groups in total. The SMILES string of the molecule is CC(C)SCc1ccc2oc(C(=O)O)cc2c1. The zero-order valence-electron chi connectivity index (χ0n) is 9.77. The second-order valence-corrected chi connectivity index (χ2v) is 5.71. The van der Waals surface area contributed by atoms with E-state index in [1.807, 2.05) is 30.0 Å². The highest BCUT2D eigenvalue weighted by Gasteiger charge is 2.10. The van der Waals surface area contributed by atoms with Crippen LogP contribution in [0.2, 0.25) is 0 Å². The summed E-state index contributed by atoms with van der Waals surface area (Å²) >= 11 is 1.86. The lowest BCUT2D eigenvalue weighted by Crippen LogP contribution is -1.91. The monoisotopic (exact) mass is 250 g/mol. The van der Waals surface area contributed by atoms with Crippen LogP contribution in [0.15, 0.2) is 28.7 Å². The second kappa shape index (κ2) is 4.84. The molecule has 17 heavy (non-hydrogen) atoms. The topological polar surface area (TPSA) is 50.4 Å².